The van der Waals surface area contributed by atoms with Gasteiger partial charge < -0.3 is 14.4 Å². The van der Waals surface area contributed by atoms with Crippen molar-refractivity contribution in [3.05, 3.63) is 17.5 Å². The van der Waals surface area contributed by atoms with Crippen molar-refractivity contribution in [3.8, 4) is 0 Å². The van der Waals surface area contributed by atoms with E-state index in [0.717, 1.165) is 36.3 Å². The summed E-state index contributed by atoms with van der Waals surface area (Å²) in [6.07, 6.45) is 3.19. The lowest BCUT2D eigenvalue weighted by molar-refractivity contribution is 0.360. The molecule has 7 nitrogen and oxygen atoms in total. The third-order valence-corrected chi connectivity index (χ3v) is 4.97. The highest BCUT2D eigenvalue weighted by Crippen LogP contribution is 2.26. The number of rotatable bonds is 6. The van der Waals surface area contributed by atoms with Crippen LogP contribution in [0.25, 0.3) is 0 Å². The lowest BCUT2D eigenvalue weighted by Gasteiger charge is -2.21. The molecule has 23 heavy (non-hydrogen) atoms. The van der Waals surface area contributed by atoms with E-state index < -0.39 is 0 Å². The van der Waals surface area contributed by atoms with Gasteiger partial charge in [0.2, 0.25) is 5.89 Å². The predicted molar refractivity (Wildman–Crippen MR) is 88.2 cm³/mol. The maximum absolute atomic E-state index is 5.27. The Morgan fingerprint density at radius 2 is 2.26 bits per heavy atom. The summed E-state index contributed by atoms with van der Waals surface area (Å²) >= 11 is 1.60. The van der Waals surface area contributed by atoms with Crippen LogP contribution in [-0.4, -0.2) is 38.0 Å². The van der Waals surface area contributed by atoms with E-state index in [1.54, 1.807) is 11.8 Å². The van der Waals surface area contributed by atoms with Crippen molar-refractivity contribution in [1.29, 1.82) is 0 Å². The van der Waals surface area contributed by atoms with Crippen LogP contribution in [0.4, 0.5) is 0 Å². The van der Waals surface area contributed by atoms with Crippen molar-refractivity contribution in [2.75, 3.05) is 13.1 Å². The van der Waals surface area contributed by atoms with Crippen LogP contribution in [0.2, 0.25) is 0 Å². The fourth-order valence-corrected chi connectivity index (χ4v) is 3.55. The fraction of sp³-hybridized carbons (Fsp3) is 0.733. The Bertz CT molecular complexity index is 632. The molecule has 126 valence electrons. The van der Waals surface area contributed by atoms with E-state index in [1.807, 2.05) is 7.05 Å². The Balaban J connectivity index is 1.60. The molecule has 0 aliphatic carbocycles. The zero-order valence-corrected chi connectivity index (χ0v) is 14.8. The minimum atomic E-state index is 0.457. The van der Waals surface area contributed by atoms with Crippen LogP contribution in [0.3, 0.4) is 0 Å². The summed E-state index contributed by atoms with van der Waals surface area (Å²) in [6, 6.07) is 0. The molecule has 1 unspecified atom stereocenters. The second-order valence-corrected chi connectivity index (χ2v) is 7.38. The molecule has 1 saturated heterocycles. The summed E-state index contributed by atoms with van der Waals surface area (Å²) in [5.41, 5.74) is 0. The van der Waals surface area contributed by atoms with Crippen LogP contribution in [0, 0.1) is 5.92 Å². The molecular formula is C15H24N6OS. The second-order valence-electron chi connectivity index (χ2n) is 6.43. The molecule has 0 radical (unpaired) electrons. The Kier molecular flexibility index (Phi) is 5.32. The molecule has 2 aromatic heterocycles. The zero-order chi connectivity index (χ0) is 16.2. The normalized spacial score (nSPS) is 18.7. The molecule has 8 heteroatoms. The monoisotopic (exact) mass is 336 g/mol. The van der Waals surface area contributed by atoms with Crippen LogP contribution in [0.5, 0.6) is 0 Å². The highest BCUT2D eigenvalue weighted by atomic mass is 32.2. The standard InChI is InChI=1S/C15H24N6OS/c1-10(2)7-13-17-12(20-22-13)9-23-15-19-18-14(21(15)3)11-5-4-6-16-8-11/h10-11,16H,4-9H2,1-3H3. The van der Waals surface area contributed by atoms with Crippen molar-refractivity contribution >= 4 is 11.8 Å². The molecule has 0 aromatic carbocycles. The van der Waals surface area contributed by atoms with Crippen LogP contribution in [0.15, 0.2) is 9.68 Å². The lowest BCUT2D eigenvalue weighted by atomic mass is 9.99. The number of hydrogen-bond acceptors (Lipinski definition) is 7. The largest absolute Gasteiger partial charge is 0.339 e. The highest BCUT2D eigenvalue weighted by molar-refractivity contribution is 7.98. The van der Waals surface area contributed by atoms with Crippen LogP contribution >= 0.6 is 11.8 Å². The third-order valence-electron chi connectivity index (χ3n) is 3.95. The van der Waals surface area contributed by atoms with Gasteiger partial charge in [0, 0.05) is 25.9 Å². The van der Waals surface area contributed by atoms with Gasteiger partial charge in [0.15, 0.2) is 11.0 Å². The van der Waals surface area contributed by atoms with Gasteiger partial charge >= 0.3 is 0 Å². The number of thioether (sulfide) groups is 1. The minimum absolute atomic E-state index is 0.457. The van der Waals surface area contributed by atoms with E-state index in [0.29, 0.717) is 23.5 Å². The van der Waals surface area contributed by atoms with E-state index in [9.17, 15) is 0 Å². The average molecular weight is 336 g/mol. The SMILES string of the molecule is CC(C)Cc1nc(CSc2nnc(C3CCCNC3)n2C)no1. The van der Waals surface area contributed by atoms with E-state index in [-0.39, 0.29) is 0 Å². The van der Waals surface area contributed by atoms with Gasteiger partial charge in [-0.2, -0.15) is 4.98 Å². The molecule has 1 fully saturated rings. The molecule has 3 rings (SSSR count). The molecule has 2 aromatic rings. The Hall–Kier alpha value is -1.41. The number of aromatic nitrogens is 5. The first-order valence-electron chi connectivity index (χ1n) is 8.17. The summed E-state index contributed by atoms with van der Waals surface area (Å²) in [6.45, 7) is 6.37. The summed E-state index contributed by atoms with van der Waals surface area (Å²) in [7, 11) is 2.03. The smallest absolute Gasteiger partial charge is 0.226 e. The number of piperidine rings is 1. The van der Waals surface area contributed by atoms with E-state index in [2.05, 4.69) is 44.1 Å². The van der Waals surface area contributed by atoms with E-state index >= 15 is 0 Å². The highest BCUT2D eigenvalue weighted by Gasteiger charge is 2.22. The quantitative estimate of drug-likeness (QED) is 0.809. The average Bonchev–Trinajstić information content (AvgIpc) is 3.12. The molecule has 1 N–H and O–H groups in total. The maximum atomic E-state index is 5.27. The number of nitrogens with one attached hydrogen (secondary N) is 1. The fourth-order valence-electron chi connectivity index (χ4n) is 2.79. The van der Waals surface area contributed by atoms with Gasteiger partial charge in [0.1, 0.15) is 5.82 Å². The molecular weight excluding hydrogens is 312 g/mol. The van der Waals surface area contributed by atoms with Crippen LogP contribution in [-0.2, 0) is 19.2 Å². The Labute approximate surface area is 140 Å². The molecule has 0 bridgehead atoms. The molecule has 1 atom stereocenters. The zero-order valence-electron chi connectivity index (χ0n) is 13.9. The first-order valence-corrected chi connectivity index (χ1v) is 9.16. The summed E-state index contributed by atoms with van der Waals surface area (Å²) in [5.74, 6) is 4.11. The molecule has 0 spiro atoms. The van der Waals surface area contributed by atoms with Gasteiger partial charge in [-0.15, -0.1) is 10.2 Å². The topological polar surface area (TPSA) is 81.7 Å². The first kappa shape index (κ1) is 16.4. The summed E-state index contributed by atoms with van der Waals surface area (Å²) in [5, 5.41) is 17.1. The van der Waals surface area contributed by atoms with Crippen LogP contribution < -0.4 is 5.32 Å². The molecule has 3 heterocycles. The minimum Gasteiger partial charge on any atom is -0.339 e. The van der Waals surface area contributed by atoms with Crippen molar-refractivity contribution < 1.29 is 4.52 Å². The second kappa shape index (κ2) is 7.44. The predicted octanol–water partition coefficient (Wildman–Crippen LogP) is 2.16. The van der Waals surface area contributed by atoms with Gasteiger partial charge in [-0.1, -0.05) is 30.8 Å². The van der Waals surface area contributed by atoms with Gasteiger partial charge in [-0.25, -0.2) is 0 Å². The van der Waals surface area contributed by atoms with E-state index in [4.69, 9.17) is 4.52 Å². The maximum Gasteiger partial charge on any atom is 0.226 e. The van der Waals surface area contributed by atoms with Crippen molar-refractivity contribution in [2.24, 2.45) is 13.0 Å². The van der Waals surface area contributed by atoms with Crippen molar-refractivity contribution in [1.82, 2.24) is 30.2 Å². The summed E-state index contributed by atoms with van der Waals surface area (Å²) in [4.78, 5) is 4.43. The molecule has 0 amide bonds. The Morgan fingerprint density at radius 1 is 1.39 bits per heavy atom. The molecule has 0 saturated carbocycles. The molecule has 1 aliphatic heterocycles. The van der Waals surface area contributed by atoms with Crippen molar-refractivity contribution in [2.45, 2.75) is 49.9 Å². The van der Waals surface area contributed by atoms with Crippen LogP contribution in [0.1, 0.15) is 50.1 Å². The first-order chi connectivity index (χ1) is 11.1. The molecule has 1 aliphatic rings. The van der Waals surface area contributed by atoms with Gasteiger partial charge in [-0.3, -0.25) is 0 Å². The third kappa shape index (κ3) is 4.11. The van der Waals surface area contributed by atoms with E-state index in [1.165, 1.54) is 12.8 Å². The van der Waals surface area contributed by atoms with Gasteiger partial charge in [-0.05, 0) is 25.3 Å². The number of hydrogen-bond donors (Lipinski definition) is 1. The lowest BCUT2D eigenvalue weighted by Crippen LogP contribution is -2.29. The van der Waals surface area contributed by atoms with Gasteiger partial charge in [0.25, 0.3) is 0 Å². The Morgan fingerprint density at radius 3 is 3.00 bits per heavy atom. The van der Waals surface area contributed by atoms with Crippen molar-refractivity contribution in [3.63, 3.8) is 0 Å². The van der Waals surface area contributed by atoms with Gasteiger partial charge in [0.05, 0.1) is 5.75 Å². The number of nitrogens with zero attached hydrogens (tertiary/aromatic N) is 5. The summed E-state index contributed by atoms with van der Waals surface area (Å²) < 4.78 is 7.36.